The summed E-state index contributed by atoms with van der Waals surface area (Å²) >= 11 is 0. The van der Waals surface area contributed by atoms with Gasteiger partial charge in [0.1, 0.15) is 23.8 Å². The number of halogens is 2. The van der Waals surface area contributed by atoms with E-state index in [1.165, 1.54) is 36.4 Å². The van der Waals surface area contributed by atoms with Gasteiger partial charge in [-0.05, 0) is 96.5 Å². The topological polar surface area (TPSA) is 99.4 Å². The lowest BCUT2D eigenvalue weighted by Gasteiger charge is -2.36. The van der Waals surface area contributed by atoms with Crippen LogP contribution in [0.3, 0.4) is 0 Å². The van der Waals surface area contributed by atoms with Crippen molar-refractivity contribution in [1.29, 1.82) is 0 Å². The van der Waals surface area contributed by atoms with Crippen molar-refractivity contribution in [2.24, 2.45) is 0 Å². The van der Waals surface area contributed by atoms with Gasteiger partial charge in [0.15, 0.2) is 23.0 Å². The Kier molecular flexibility index (Phi) is 6.40. The smallest absolute Gasteiger partial charge is 0.164 e. The predicted octanol–water partition coefficient (Wildman–Crippen LogP) is 6.56. The second-order valence-corrected chi connectivity index (χ2v) is 10.5. The molecule has 0 amide bonds. The Bertz CT molecular complexity index is 1480. The van der Waals surface area contributed by atoms with E-state index < -0.39 is 23.8 Å². The zero-order valence-electron chi connectivity index (χ0n) is 21.9. The molecule has 206 valence electrons. The van der Waals surface area contributed by atoms with Crippen molar-refractivity contribution in [3.05, 3.63) is 106 Å². The van der Waals surface area contributed by atoms with Gasteiger partial charge < -0.3 is 29.9 Å². The van der Waals surface area contributed by atoms with Gasteiger partial charge in [0.2, 0.25) is 0 Å². The summed E-state index contributed by atoms with van der Waals surface area (Å²) < 4.78 is 39.8. The number of hydrogen-bond donors (Lipinski definition) is 4. The summed E-state index contributed by atoms with van der Waals surface area (Å²) in [7, 11) is 0. The third-order valence-electron chi connectivity index (χ3n) is 7.74. The molecule has 0 aliphatic carbocycles. The lowest BCUT2D eigenvalue weighted by molar-refractivity contribution is 0.00512. The number of fused-ring (bicyclic) bond motifs is 2. The molecule has 0 aromatic heterocycles. The van der Waals surface area contributed by atoms with Crippen molar-refractivity contribution in [3.63, 3.8) is 0 Å². The summed E-state index contributed by atoms with van der Waals surface area (Å²) in [6.07, 6.45) is -1.36. The highest BCUT2D eigenvalue weighted by atomic mass is 19.1. The van der Waals surface area contributed by atoms with Gasteiger partial charge in [0.25, 0.3) is 0 Å². The maximum absolute atomic E-state index is 13.7. The van der Waals surface area contributed by atoms with E-state index in [1.54, 1.807) is 24.3 Å². The van der Waals surface area contributed by atoms with Crippen LogP contribution in [0.1, 0.15) is 59.4 Å². The van der Waals surface area contributed by atoms with Crippen LogP contribution in [0, 0.1) is 11.6 Å². The van der Waals surface area contributed by atoms with Crippen LogP contribution in [0.25, 0.3) is 11.1 Å². The number of rotatable bonds is 3. The van der Waals surface area contributed by atoms with Crippen molar-refractivity contribution in [2.75, 3.05) is 0 Å². The summed E-state index contributed by atoms with van der Waals surface area (Å²) in [5, 5.41) is 43.9. The van der Waals surface area contributed by atoms with Crippen LogP contribution in [-0.4, -0.2) is 32.6 Å². The molecule has 4 aromatic rings. The molecule has 6 nitrogen and oxygen atoms in total. The normalized spacial score (nSPS) is 22.0. The first kappa shape index (κ1) is 26.1. The minimum atomic E-state index is -0.777. The molecule has 2 aliphatic rings. The largest absolute Gasteiger partial charge is 0.504 e. The number of hydrogen-bond acceptors (Lipinski definition) is 6. The molecular formula is C32H28F2O6. The molecule has 0 saturated carbocycles. The Hall–Kier alpha value is -4.14. The van der Waals surface area contributed by atoms with Crippen molar-refractivity contribution in [3.8, 4) is 34.1 Å². The standard InChI is InChI=1S/C32H28F2O6/c1-15-11-23-21(13-25(35)29(37)27(23)31(39-15)17-3-7-19(33)8-4-17)22-14-26(36)30(38)28-24(22)12-16(2)40-32(28)18-5-9-20(34)10-6-18/h3-10,13-16,31-32,35-38H,11-12H2,1-2H3/t15-,16-,31+,32+/m0/s1. The van der Waals surface area contributed by atoms with Gasteiger partial charge in [0.05, 0.1) is 12.2 Å². The lowest BCUT2D eigenvalue weighted by atomic mass is 9.80. The van der Waals surface area contributed by atoms with E-state index >= 15 is 0 Å². The van der Waals surface area contributed by atoms with Crippen LogP contribution in [0.2, 0.25) is 0 Å². The fraction of sp³-hybridized carbons (Fsp3) is 0.250. The first-order chi connectivity index (χ1) is 19.1. The van der Waals surface area contributed by atoms with Crippen molar-refractivity contribution < 1.29 is 38.7 Å². The molecule has 2 aliphatic heterocycles. The van der Waals surface area contributed by atoms with Crippen LogP contribution in [0.5, 0.6) is 23.0 Å². The molecule has 0 bridgehead atoms. The lowest BCUT2D eigenvalue weighted by Crippen LogP contribution is -2.27. The summed E-state index contributed by atoms with van der Waals surface area (Å²) in [5.41, 5.74) is 4.45. The van der Waals surface area contributed by atoms with Crippen LogP contribution in [0.4, 0.5) is 8.78 Å². The molecule has 6 rings (SSSR count). The maximum Gasteiger partial charge on any atom is 0.164 e. The third-order valence-corrected chi connectivity index (χ3v) is 7.74. The average molecular weight is 547 g/mol. The molecule has 40 heavy (non-hydrogen) atoms. The molecule has 0 radical (unpaired) electrons. The van der Waals surface area contributed by atoms with E-state index in [-0.39, 0.29) is 35.2 Å². The minimum absolute atomic E-state index is 0.291. The zero-order valence-corrected chi connectivity index (χ0v) is 21.9. The van der Waals surface area contributed by atoms with Crippen molar-refractivity contribution in [1.82, 2.24) is 0 Å². The molecule has 4 atom stereocenters. The van der Waals surface area contributed by atoms with Crippen molar-refractivity contribution >= 4 is 0 Å². The molecule has 2 heterocycles. The second kappa shape index (κ2) is 9.80. The third kappa shape index (κ3) is 4.33. The monoisotopic (exact) mass is 546 g/mol. The van der Waals surface area contributed by atoms with E-state index in [0.717, 1.165) is 0 Å². The summed E-state index contributed by atoms with van der Waals surface area (Å²) in [6.45, 7) is 3.77. The molecule has 0 unspecified atom stereocenters. The fourth-order valence-corrected chi connectivity index (χ4v) is 5.96. The number of ether oxygens (including phenoxy) is 2. The Morgan fingerprint density at radius 3 is 1.30 bits per heavy atom. The highest BCUT2D eigenvalue weighted by Crippen LogP contribution is 2.53. The van der Waals surface area contributed by atoms with E-state index in [9.17, 15) is 29.2 Å². The first-order valence-electron chi connectivity index (χ1n) is 13.1. The highest BCUT2D eigenvalue weighted by molar-refractivity contribution is 5.81. The minimum Gasteiger partial charge on any atom is -0.504 e. The molecule has 4 N–H and O–H groups in total. The van der Waals surface area contributed by atoms with Gasteiger partial charge in [-0.25, -0.2) is 8.78 Å². The predicted molar refractivity (Wildman–Crippen MR) is 144 cm³/mol. The Morgan fingerprint density at radius 1 is 0.600 bits per heavy atom. The first-order valence-corrected chi connectivity index (χ1v) is 13.1. The molecular weight excluding hydrogens is 518 g/mol. The molecule has 0 fully saturated rings. The van der Waals surface area contributed by atoms with Crippen molar-refractivity contribution in [2.45, 2.75) is 51.1 Å². The van der Waals surface area contributed by atoms with Gasteiger partial charge in [-0.1, -0.05) is 24.3 Å². The van der Waals surface area contributed by atoms with Gasteiger partial charge >= 0.3 is 0 Å². The van der Waals surface area contributed by atoms with E-state index in [0.29, 0.717) is 57.3 Å². The summed E-state index contributed by atoms with van der Waals surface area (Å²) in [6, 6.07) is 14.4. The van der Waals surface area contributed by atoms with Crippen LogP contribution in [0.15, 0.2) is 60.7 Å². The molecule has 0 spiro atoms. The van der Waals surface area contributed by atoms with Gasteiger partial charge in [-0.3, -0.25) is 0 Å². The van der Waals surface area contributed by atoms with Gasteiger partial charge in [-0.15, -0.1) is 0 Å². The number of phenols is 4. The van der Waals surface area contributed by atoms with E-state index in [4.69, 9.17) is 9.47 Å². The van der Waals surface area contributed by atoms with Gasteiger partial charge in [-0.2, -0.15) is 0 Å². The number of phenolic OH excluding ortho intramolecular Hbond substituents is 4. The van der Waals surface area contributed by atoms with Crippen LogP contribution in [-0.2, 0) is 22.3 Å². The molecule has 8 heteroatoms. The highest BCUT2D eigenvalue weighted by Gasteiger charge is 2.37. The Labute approximate surface area is 229 Å². The Morgan fingerprint density at radius 2 is 0.950 bits per heavy atom. The summed E-state index contributed by atoms with van der Waals surface area (Å²) in [4.78, 5) is 0. The molecule has 0 saturated heterocycles. The average Bonchev–Trinajstić information content (AvgIpc) is 2.92. The Balaban J connectivity index is 1.60. The number of benzene rings is 4. The maximum atomic E-state index is 13.7. The second-order valence-electron chi connectivity index (χ2n) is 10.5. The zero-order chi connectivity index (χ0) is 28.3. The fourth-order valence-electron chi connectivity index (χ4n) is 5.96. The quantitative estimate of drug-likeness (QED) is 0.217. The van der Waals surface area contributed by atoms with E-state index in [1.807, 2.05) is 13.8 Å². The van der Waals surface area contributed by atoms with E-state index in [2.05, 4.69) is 0 Å². The van der Waals surface area contributed by atoms with Crippen LogP contribution < -0.4 is 0 Å². The molecule has 4 aromatic carbocycles. The van der Waals surface area contributed by atoms with Gasteiger partial charge in [0, 0.05) is 11.1 Å². The summed E-state index contributed by atoms with van der Waals surface area (Å²) in [5.74, 6) is -2.25. The van der Waals surface area contributed by atoms with Crippen LogP contribution >= 0.6 is 0 Å². The number of aromatic hydroxyl groups is 4. The SMILES string of the molecule is C[C@H]1Cc2c(-c3cc(O)c(O)c4c3C[C@H](C)O[C@@H]4c3ccc(F)cc3)cc(O)c(O)c2[C@@H](c2ccc(F)cc2)O1.